The fourth-order valence-electron chi connectivity index (χ4n) is 2.25. The van der Waals surface area contributed by atoms with E-state index in [0.29, 0.717) is 12.1 Å². The van der Waals surface area contributed by atoms with E-state index >= 15 is 0 Å². The molecule has 0 aliphatic rings. The summed E-state index contributed by atoms with van der Waals surface area (Å²) < 4.78 is 7.45. The first-order chi connectivity index (χ1) is 9.47. The first-order valence-electron chi connectivity index (χ1n) is 7.38. The molecule has 0 spiro atoms. The number of hydrogen-bond acceptors (Lipinski definition) is 4. The Balaban J connectivity index is 2.66. The van der Waals surface area contributed by atoms with E-state index in [2.05, 4.69) is 35.6 Å². The lowest BCUT2D eigenvalue weighted by Gasteiger charge is -2.35. The van der Waals surface area contributed by atoms with Crippen molar-refractivity contribution in [3.8, 4) is 0 Å². The minimum atomic E-state index is 0.166. The highest BCUT2D eigenvalue weighted by molar-refractivity contribution is 4.86. The summed E-state index contributed by atoms with van der Waals surface area (Å²) in [6.07, 6.45) is 7.75. The van der Waals surface area contributed by atoms with Crippen molar-refractivity contribution >= 4 is 0 Å². The van der Waals surface area contributed by atoms with Gasteiger partial charge in [-0.1, -0.05) is 20.8 Å². The highest BCUT2D eigenvalue weighted by Crippen LogP contribution is 2.22. The van der Waals surface area contributed by atoms with E-state index in [-0.39, 0.29) is 5.41 Å². The van der Waals surface area contributed by atoms with Crippen LogP contribution in [0.1, 0.15) is 33.6 Å². The highest BCUT2D eigenvalue weighted by atomic mass is 16.5. The molecular weight excluding hydrogens is 252 g/mol. The van der Waals surface area contributed by atoms with Crippen LogP contribution in [0.25, 0.3) is 0 Å². The van der Waals surface area contributed by atoms with Crippen LogP contribution in [-0.4, -0.2) is 41.9 Å². The Morgan fingerprint density at radius 1 is 1.40 bits per heavy atom. The molecule has 0 aromatic carbocycles. The van der Waals surface area contributed by atoms with Crippen LogP contribution in [0.3, 0.4) is 0 Å². The van der Waals surface area contributed by atoms with E-state index in [4.69, 9.17) is 10.5 Å². The van der Waals surface area contributed by atoms with Gasteiger partial charge >= 0.3 is 0 Å². The number of imidazole rings is 1. The van der Waals surface area contributed by atoms with Gasteiger partial charge < -0.3 is 20.4 Å². The molecule has 116 valence electrons. The molecule has 0 bridgehead atoms. The molecule has 0 saturated carbocycles. The second-order valence-electron chi connectivity index (χ2n) is 6.43. The van der Waals surface area contributed by atoms with Crippen LogP contribution in [0, 0.1) is 5.41 Å². The first kappa shape index (κ1) is 17.1. The number of aromatic nitrogens is 2. The van der Waals surface area contributed by atoms with Crippen molar-refractivity contribution in [2.24, 2.45) is 11.1 Å². The van der Waals surface area contributed by atoms with Crippen LogP contribution in [0.4, 0.5) is 0 Å². The Labute approximate surface area is 122 Å². The van der Waals surface area contributed by atoms with E-state index in [0.717, 1.165) is 32.5 Å². The second-order valence-corrected chi connectivity index (χ2v) is 6.43. The van der Waals surface area contributed by atoms with Crippen LogP contribution in [-0.2, 0) is 11.3 Å². The molecule has 2 atom stereocenters. The van der Waals surface area contributed by atoms with Gasteiger partial charge in [-0.2, -0.15) is 0 Å². The predicted octanol–water partition coefficient (Wildman–Crippen LogP) is 1.64. The second kappa shape index (κ2) is 8.39. The SMILES string of the molecule is COCC(CCCN)NC(Cn1ccnc1)C(C)(C)C. The van der Waals surface area contributed by atoms with Crippen molar-refractivity contribution in [3.05, 3.63) is 18.7 Å². The average molecular weight is 282 g/mol. The van der Waals surface area contributed by atoms with Crippen molar-refractivity contribution in [1.82, 2.24) is 14.9 Å². The number of methoxy groups -OCH3 is 1. The molecule has 0 saturated heterocycles. The minimum absolute atomic E-state index is 0.166. The quantitative estimate of drug-likeness (QED) is 0.723. The molecule has 0 radical (unpaired) electrons. The van der Waals surface area contributed by atoms with Crippen molar-refractivity contribution in [2.75, 3.05) is 20.3 Å². The molecule has 20 heavy (non-hydrogen) atoms. The smallest absolute Gasteiger partial charge is 0.0946 e. The van der Waals surface area contributed by atoms with Gasteiger partial charge in [0.15, 0.2) is 0 Å². The molecule has 1 rings (SSSR count). The van der Waals surface area contributed by atoms with Crippen molar-refractivity contribution in [2.45, 2.75) is 52.2 Å². The molecule has 1 heterocycles. The Kier molecular flexibility index (Phi) is 7.19. The summed E-state index contributed by atoms with van der Waals surface area (Å²) in [7, 11) is 1.75. The predicted molar refractivity (Wildman–Crippen MR) is 82.6 cm³/mol. The van der Waals surface area contributed by atoms with E-state index in [9.17, 15) is 0 Å². The number of ether oxygens (including phenoxy) is 1. The minimum Gasteiger partial charge on any atom is -0.383 e. The van der Waals surface area contributed by atoms with Gasteiger partial charge in [0, 0.05) is 38.1 Å². The fourth-order valence-corrected chi connectivity index (χ4v) is 2.25. The summed E-state index contributed by atoms with van der Waals surface area (Å²) in [5.41, 5.74) is 5.78. The lowest BCUT2D eigenvalue weighted by atomic mass is 9.86. The molecule has 3 N–H and O–H groups in total. The van der Waals surface area contributed by atoms with Crippen molar-refractivity contribution in [1.29, 1.82) is 0 Å². The number of nitrogens with zero attached hydrogens (tertiary/aromatic N) is 2. The van der Waals surface area contributed by atoms with Gasteiger partial charge in [-0.05, 0) is 24.8 Å². The molecule has 1 aromatic heterocycles. The standard InChI is InChI=1S/C15H30N4O/c1-15(2,3)14(10-19-9-8-17-12-19)18-13(11-20-4)6-5-7-16/h8-9,12-14,18H,5-7,10-11,16H2,1-4H3. The molecule has 1 aromatic rings. The molecule has 0 aliphatic carbocycles. The van der Waals surface area contributed by atoms with Crippen molar-refractivity contribution < 1.29 is 4.74 Å². The maximum atomic E-state index is 5.62. The van der Waals surface area contributed by atoms with Crippen LogP contribution < -0.4 is 11.1 Å². The van der Waals surface area contributed by atoms with E-state index in [1.807, 2.05) is 18.7 Å². The van der Waals surface area contributed by atoms with Gasteiger partial charge in [-0.15, -0.1) is 0 Å². The Morgan fingerprint density at radius 2 is 2.15 bits per heavy atom. The molecule has 5 heteroatoms. The zero-order valence-electron chi connectivity index (χ0n) is 13.3. The van der Waals surface area contributed by atoms with Gasteiger partial charge in [0.05, 0.1) is 12.9 Å². The monoisotopic (exact) mass is 282 g/mol. The summed E-state index contributed by atoms with van der Waals surface area (Å²) in [4.78, 5) is 4.12. The molecule has 2 unspecified atom stereocenters. The highest BCUT2D eigenvalue weighted by Gasteiger charge is 2.27. The molecular formula is C15H30N4O. The number of nitrogens with two attached hydrogens (primary N) is 1. The van der Waals surface area contributed by atoms with Crippen LogP contribution in [0.2, 0.25) is 0 Å². The Morgan fingerprint density at radius 3 is 2.65 bits per heavy atom. The third-order valence-corrected chi connectivity index (χ3v) is 3.56. The van der Waals surface area contributed by atoms with Gasteiger partial charge in [0.25, 0.3) is 0 Å². The molecule has 0 fully saturated rings. The summed E-state index contributed by atoms with van der Waals surface area (Å²) in [6, 6.07) is 0.700. The summed E-state index contributed by atoms with van der Waals surface area (Å²) in [6.45, 7) is 9.13. The zero-order valence-corrected chi connectivity index (χ0v) is 13.3. The topological polar surface area (TPSA) is 65.1 Å². The lowest BCUT2D eigenvalue weighted by Crippen LogP contribution is -2.49. The number of rotatable bonds is 9. The lowest BCUT2D eigenvalue weighted by molar-refractivity contribution is 0.133. The largest absolute Gasteiger partial charge is 0.383 e. The van der Waals surface area contributed by atoms with E-state index in [1.54, 1.807) is 7.11 Å². The average Bonchev–Trinajstić information content (AvgIpc) is 2.87. The van der Waals surface area contributed by atoms with Crippen LogP contribution >= 0.6 is 0 Å². The van der Waals surface area contributed by atoms with Crippen LogP contribution in [0.5, 0.6) is 0 Å². The summed E-state index contributed by atoms with van der Waals surface area (Å²) in [5, 5.41) is 3.74. The summed E-state index contributed by atoms with van der Waals surface area (Å²) in [5.74, 6) is 0. The maximum Gasteiger partial charge on any atom is 0.0946 e. The van der Waals surface area contributed by atoms with E-state index in [1.165, 1.54) is 0 Å². The van der Waals surface area contributed by atoms with Gasteiger partial charge in [-0.25, -0.2) is 4.98 Å². The summed E-state index contributed by atoms with van der Waals surface area (Å²) >= 11 is 0. The first-order valence-corrected chi connectivity index (χ1v) is 7.38. The maximum absolute atomic E-state index is 5.62. The molecule has 5 nitrogen and oxygen atoms in total. The third kappa shape index (κ3) is 6.03. The fraction of sp³-hybridized carbons (Fsp3) is 0.800. The Hall–Kier alpha value is -0.910. The van der Waals surface area contributed by atoms with Crippen LogP contribution in [0.15, 0.2) is 18.7 Å². The zero-order chi connectivity index (χ0) is 15.0. The molecule has 0 amide bonds. The van der Waals surface area contributed by atoms with E-state index < -0.39 is 0 Å². The van der Waals surface area contributed by atoms with Crippen molar-refractivity contribution in [3.63, 3.8) is 0 Å². The Bertz CT molecular complexity index is 345. The van der Waals surface area contributed by atoms with Gasteiger partial charge in [-0.3, -0.25) is 0 Å². The molecule has 0 aliphatic heterocycles. The van der Waals surface area contributed by atoms with Gasteiger partial charge in [0.1, 0.15) is 0 Å². The number of nitrogens with one attached hydrogen (secondary N) is 1. The number of hydrogen-bond donors (Lipinski definition) is 2. The van der Waals surface area contributed by atoms with Gasteiger partial charge in [0.2, 0.25) is 0 Å². The third-order valence-electron chi connectivity index (χ3n) is 3.56. The normalized spacial score (nSPS) is 15.2.